The van der Waals surface area contributed by atoms with E-state index in [0.29, 0.717) is 5.92 Å². The summed E-state index contributed by atoms with van der Waals surface area (Å²) in [7, 11) is 1.94. The summed E-state index contributed by atoms with van der Waals surface area (Å²) < 4.78 is 0. The van der Waals surface area contributed by atoms with Crippen molar-refractivity contribution in [2.24, 2.45) is 0 Å². The second kappa shape index (κ2) is 5.59. The van der Waals surface area contributed by atoms with Gasteiger partial charge in [-0.15, -0.1) is 0 Å². The van der Waals surface area contributed by atoms with Gasteiger partial charge in [-0.25, -0.2) is 0 Å². The summed E-state index contributed by atoms with van der Waals surface area (Å²) in [5, 5.41) is 3.18. The molecule has 1 nitrogen and oxygen atoms in total. The third-order valence-corrected chi connectivity index (χ3v) is 3.02. The highest BCUT2D eigenvalue weighted by Crippen LogP contribution is 2.27. The largest absolute Gasteiger partial charge is 0.388 e. The molecule has 0 aliphatic carbocycles. The van der Waals surface area contributed by atoms with Gasteiger partial charge in [0.15, 0.2) is 0 Å². The standard InChI is InChI=1S/C14H21N/c1-5-11(6-2)13-8-9-14(15-4)12(7-3)10-13/h7-11,15H,3,5-6H2,1-2,4H3. The molecular weight excluding hydrogens is 182 g/mol. The molecule has 0 aliphatic heterocycles. The average molecular weight is 203 g/mol. The van der Waals surface area contributed by atoms with E-state index in [1.807, 2.05) is 13.1 Å². The van der Waals surface area contributed by atoms with Gasteiger partial charge in [-0.2, -0.15) is 0 Å². The zero-order valence-electron chi connectivity index (χ0n) is 10.0. The first-order chi connectivity index (χ1) is 7.26. The van der Waals surface area contributed by atoms with Crippen LogP contribution in [-0.4, -0.2) is 7.05 Å². The van der Waals surface area contributed by atoms with Gasteiger partial charge >= 0.3 is 0 Å². The molecule has 1 heteroatoms. The van der Waals surface area contributed by atoms with Gasteiger partial charge in [0.25, 0.3) is 0 Å². The smallest absolute Gasteiger partial charge is 0.0411 e. The van der Waals surface area contributed by atoms with Crippen LogP contribution < -0.4 is 5.32 Å². The van der Waals surface area contributed by atoms with E-state index in [4.69, 9.17) is 0 Å². The van der Waals surface area contributed by atoms with Crippen molar-refractivity contribution in [1.82, 2.24) is 0 Å². The molecule has 1 rings (SSSR count). The quantitative estimate of drug-likeness (QED) is 0.753. The lowest BCUT2D eigenvalue weighted by molar-refractivity contribution is 0.642. The Morgan fingerprint density at radius 1 is 1.33 bits per heavy atom. The molecule has 0 atom stereocenters. The van der Waals surface area contributed by atoms with Crippen molar-refractivity contribution in [3.63, 3.8) is 0 Å². The van der Waals surface area contributed by atoms with Crippen molar-refractivity contribution in [3.05, 3.63) is 35.9 Å². The van der Waals surface area contributed by atoms with Crippen LogP contribution in [0.2, 0.25) is 0 Å². The second-order valence-corrected chi connectivity index (χ2v) is 3.81. The minimum absolute atomic E-state index is 0.676. The van der Waals surface area contributed by atoms with E-state index in [1.54, 1.807) is 0 Å². The Bertz CT molecular complexity index is 324. The summed E-state index contributed by atoms with van der Waals surface area (Å²) >= 11 is 0. The lowest BCUT2D eigenvalue weighted by atomic mass is 9.92. The zero-order chi connectivity index (χ0) is 11.3. The molecule has 0 radical (unpaired) electrons. The molecule has 1 aromatic rings. The van der Waals surface area contributed by atoms with E-state index >= 15 is 0 Å². The van der Waals surface area contributed by atoms with E-state index in [-0.39, 0.29) is 0 Å². The summed E-state index contributed by atoms with van der Waals surface area (Å²) in [5.74, 6) is 0.676. The van der Waals surface area contributed by atoms with Crippen LogP contribution >= 0.6 is 0 Å². The van der Waals surface area contributed by atoms with Crippen LogP contribution in [-0.2, 0) is 0 Å². The molecule has 0 unspecified atom stereocenters. The molecule has 1 aromatic carbocycles. The third-order valence-electron chi connectivity index (χ3n) is 3.02. The van der Waals surface area contributed by atoms with Gasteiger partial charge in [-0.1, -0.05) is 32.6 Å². The van der Waals surface area contributed by atoms with Gasteiger partial charge in [-0.3, -0.25) is 0 Å². The molecule has 0 aromatic heterocycles. The van der Waals surface area contributed by atoms with Crippen LogP contribution in [0.4, 0.5) is 5.69 Å². The van der Waals surface area contributed by atoms with Crippen LogP contribution in [0.25, 0.3) is 6.08 Å². The predicted octanol–water partition coefficient (Wildman–Crippen LogP) is 4.27. The summed E-state index contributed by atoms with van der Waals surface area (Å²) in [6.07, 6.45) is 4.32. The molecule has 0 bridgehead atoms. The van der Waals surface area contributed by atoms with E-state index < -0.39 is 0 Å². The van der Waals surface area contributed by atoms with Gasteiger partial charge in [0, 0.05) is 12.7 Å². The van der Waals surface area contributed by atoms with Crippen molar-refractivity contribution in [1.29, 1.82) is 0 Å². The molecule has 1 N–H and O–H groups in total. The molecule has 15 heavy (non-hydrogen) atoms. The first-order valence-corrected chi connectivity index (χ1v) is 5.70. The van der Waals surface area contributed by atoms with E-state index in [2.05, 4.69) is 43.9 Å². The lowest BCUT2D eigenvalue weighted by Crippen LogP contribution is -1.98. The number of rotatable bonds is 5. The van der Waals surface area contributed by atoms with Crippen LogP contribution in [0.1, 0.15) is 43.7 Å². The minimum atomic E-state index is 0.676. The molecule has 0 amide bonds. The average Bonchev–Trinajstić information content (AvgIpc) is 2.30. The maximum atomic E-state index is 3.85. The Morgan fingerprint density at radius 2 is 2.00 bits per heavy atom. The van der Waals surface area contributed by atoms with Gasteiger partial charge in [-0.05, 0) is 42.0 Å². The minimum Gasteiger partial charge on any atom is -0.388 e. The molecule has 0 fully saturated rings. The molecule has 82 valence electrons. The lowest BCUT2D eigenvalue weighted by Gasteiger charge is -2.15. The Morgan fingerprint density at radius 3 is 2.47 bits per heavy atom. The third kappa shape index (κ3) is 2.62. The van der Waals surface area contributed by atoms with Crippen LogP contribution in [0, 0.1) is 0 Å². The van der Waals surface area contributed by atoms with Crippen LogP contribution in [0.3, 0.4) is 0 Å². The fourth-order valence-corrected chi connectivity index (χ4v) is 1.99. The molecule has 0 saturated carbocycles. The molecular formula is C14H21N. The second-order valence-electron chi connectivity index (χ2n) is 3.81. The van der Waals surface area contributed by atoms with Crippen LogP contribution in [0.15, 0.2) is 24.8 Å². The van der Waals surface area contributed by atoms with Crippen molar-refractivity contribution in [3.8, 4) is 0 Å². The SMILES string of the molecule is C=Cc1cc(C(CC)CC)ccc1NC. The number of hydrogen-bond acceptors (Lipinski definition) is 1. The topological polar surface area (TPSA) is 12.0 Å². The zero-order valence-corrected chi connectivity index (χ0v) is 10.0. The summed E-state index contributed by atoms with van der Waals surface area (Å²) in [6, 6.07) is 6.61. The van der Waals surface area contributed by atoms with Crippen LogP contribution in [0.5, 0.6) is 0 Å². The van der Waals surface area contributed by atoms with Crippen molar-refractivity contribution < 1.29 is 0 Å². The monoisotopic (exact) mass is 203 g/mol. The van der Waals surface area contributed by atoms with Crippen molar-refractivity contribution in [2.45, 2.75) is 32.6 Å². The van der Waals surface area contributed by atoms with E-state index in [9.17, 15) is 0 Å². The fraction of sp³-hybridized carbons (Fsp3) is 0.429. The normalized spacial score (nSPS) is 10.4. The molecule has 0 aliphatic rings. The number of nitrogens with one attached hydrogen (secondary N) is 1. The highest BCUT2D eigenvalue weighted by molar-refractivity contribution is 5.66. The molecule has 0 spiro atoms. The van der Waals surface area contributed by atoms with E-state index in [1.165, 1.54) is 24.0 Å². The van der Waals surface area contributed by atoms with Gasteiger partial charge in [0.05, 0.1) is 0 Å². The summed E-state index contributed by atoms with van der Waals surface area (Å²) in [5.41, 5.74) is 3.77. The maximum Gasteiger partial charge on any atom is 0.0411 e. The Balaban J connectivity index is 3.06. The Hall–Kier alpha value is -1.24. The van der Waals surface area contributed by atoms with Gasteiger partial charge < -0.3 is 5.32 Å². The highest BCUT2D eigenvalue weighted by Gasteiger charge is 2.08. The van der Waals surface area contributed by atoms with E-state index in [0.717, 1.165) is 5.69 Å². The first-order valence-electron chi connectivity index (χ1n) is 5.70. The highest BCUT2D eigenvalue weighted by atomic mass is 14.8. The first kappa shape index (κ1) is 11.8. The molecule has 0 saturated heterocycles. The number of hydrogen-bond donors (Lipinski definition) is 1. The Labute approximate surface area is 93.2 Å². The van der Waals surface area contributed by atoms with Gasteiger partial charge in [0.1, 0.15) is 0 Å². The maximum absolute atomic E-state index is 3.85. The summed E-state index contributed by atoms with van der Waals surface area (Å²) in [4.78, 5) is 0. The van der Waals surface area contributed by atoms with Crippen molar-refractivity contribution >= 4 is 11.8 Å². The fourth-order valence-electron chi connectivity index (χ4n) is 1.99. The predicted molar refractivity (Wildman–Crippen MR) is 69.4 cm³/mol. The number of benzene rings is 1. The van der Waals surface area contributed by atoms with Crippen molar-refractivity contribution in [2.75, 3.05) is 12.4 Å². The summed E-state index contributed by atoms with van der Waals surface area (Å²) in [6.45, 7) is 8.34. The van der Waals surface area contributed by atoms with Gasteiger partial charge in [0.2, 0.25) is 0 Å². The molecule has 0 heterocycles. The number of anilines is 1. The Kier molecular flexibility index (Phi) is 4.41.